The number of carbonyl (C=O) groups is 2. The van der Waals surface area contributed by atoms with Gasteiger partial charge in [0.25, 0.3) is 5.91 Å². The molecule has 2 N–H and O–H groups in total. The first kappa shape index (κ1) is 23.7. The van der Waals surface area contributed by atoms with E-state index in [1.165, 1.54) is 23.8 Å². The van der Waals surface area contributed by atoms with Crippen molar-refractivity contribution in [2.24, 2.45) is 0 Å². The number of hydrogen-bond acceptors (Lipinski definition) is 3. The van der Waals surface area contributed by atoms with Crippen LogP contribution in [0.1, 0.15) is 49.5 Å². The molecule has 0 atom stereocenters. The number of halogens is 2. The van der Waals surface area contributed by atoms with Crippen molar-refractivity contribution in [1.29, 1.82) is 0 Å². The maximum atomic E-state index is 13.7. The number of carbonyl (C=O) groups excluding carboxylic acids is 2. The highest BCUT2D eigenvalue weighted by molar-refractivity contribution is 6.33. The van der Waals surface area contributed by atoms with Gasteiger partial charge in [-0.05, 0) is 41.7 Å². The van der Waals surface area contributed by atoms with Crippen LogP contribution in [0.5, 0.6) is 5.75 Å². The minimum atomic E-state index is -0.683. The summed E-state index contributed by atoms with van der Waals surface area (Å²) in [5, 5.41) is 5.29. The lowest BCUT2D eigenvalue weighted by atomic mass is 9.87. The Balaban J connectivity index is 1.61. The quantitative estimate of drug-likeness (QED) is 0.572. The summed E-state index contributed by atoms with van der Waals surface area (Å²) in [5.74, 6) is -0.659. The van der Waals surface area contributed by atoms with Gasteiger partial charge < -0.3 is 15.4 Å². The van der Waals surface area contributed by atoms with Crippen molar-refractivity contribution in [2.75, 3.05) is 19.7 Å². The van der Waals surface area contributed by atoms with E-state index in [1.54, 1.807) is 0 Å². The molecule has 0 unspecified atom stereocenters. The third-order valence-corrected chi connectivity index (χ3v) is 4.77. The number of rotatable bonds is 9. The topological polar surface area (TPSA) is 67.4 Å². The highest BCUT2D eigenvalue weighted by atomic mass is 35.5. The molecular weight excluding hydrogens is 407 g/mol. The molecule has 0 fully saturated rings. The lowest BCUT2D eigenvalue weighted by Crippen LogP contribution is -2.35. The average Bonchev–Trinajstić information content (AvgIpc) is 2.68. The molecule has 0 radical (unpaired) electrons. The number of amides is 2. The normalized spacial score (nSPS) is 11.1. The lowest BCUT2D eigenvalue weighted by Gasteiger charge is -2.19. The highest BCUT2D eigenvalue weighted by Crippen LogP contribution is 2.24. The number of hydrogen-bond donors (Lipinski definition) is 2. The van der Waals surface area contributed by atoms with Gasteiger partial charge in [-0.25, -0.2) is 4.39 Å². The number of nitrogens with one attached hydrogen (secondary N) is 2. The van der Waals surface area contributed by atoms with Crippen molar-refractivity contribution in [2.45, 2.75) is 39.0 Å². The molecule has 0 aliphatic rings. The highest BCUT2D eigenvalue weighted by Gasteiger charge is 2.15. The zero-order chi connectivity index (χ0) is 22.1. The van der Waals surface area contributed by atoms with Gasteiger partial charge in [0.15, 0.2) is 0 Å². The van der Waals surface area contributed by atoms with Gasteiger partial charge in [-0.15, -0.1) is 0 Å². The smallest absolute Gasteiger partial charge is 0.255 e. The second-order valence-electron chi connectivity index (χ2n) is 7.93. The first-order valence-corrected chi connectivity index (χ1v) is 10.3. The van der Waals surface area contributed by atoms with Crippen LogP contribution in [0.3, 0.4) is 0 Å². The van der Waals surface area contributed by atoms with Crippen LogP contribution >= 0.6 is 11.6 Å². The third kappa shape index (κ3) is 7.34. The van der Waals surface area contributed by atoms with Gasteiger partial charge in [0.1, 0.15) is 11.6 Å². The van der Waals surface area contributed by atoms with Crippen LogP contribution in [-0.4, -0.2) is 31.5 Å². The Morgan fingerprint density at radius 1 is 1.03 bits per heavy atom. The fraction of sp³-hybridized carbons (Fsp3) is 0.391. The van der Waals surface area contributed by atoms with E-state index in [0.717, 1.165) is 5.75 Å². The maximum absolute atomic E-state index is 13.7. The zero-order valence-electron chi connectivity index (χ0n) is 17.6. The molecule has 2 aromatic carbocycles. The molecule has 2 aromatic rings. The Hall–Kier alpha value is -2.60. The van der Waals surface area contributed by atoms with Crippen LogP contribution in [0.2, 0.25) is 5.02 Å². The molecule has 0 saturated heterocycles. The van der Waals surface area contributed by atoms with Crippen LogP contribution < -0.4 is 15.4 Å². The molecule has 0 aliphatic carbocycles. The fourth-order valence-electron chi connectivity index (χ4n) is 2.74. The monoisotopic (exact) mass is 434 g/mol. The predicted molar refractivity (Wildman–Crippen MR) is 117 cm³/mol. The SMILES string of the molecule is CC(C)(C)c1ccc(OCCCC(=O)NCCNC(=O)c2c(F)cccc2Cl)cc1. The second-order valence-corrected chi connectivity index (χ2v) is 8.34. The van der Waals surface area contributed by atoms with E-state index in [1.807, 2.05) is 24.3 Å². The van der Waals surface area contributed by atoms with Crippen molar-refractivity contribution in [3.63, 3.8) is 0 Å². The van der Waals surface area contributed by atoms with Gasteiger partial charge in [0.2, 0.25) is 5.91 Å². The van der Waals surface area contributed by atoms with Crippen LogP contribution in [0.25, 0.3) is 0 Å². The van der Waals surface area contributed by atoms with Crippen molar-refractivity contribution in [3.8, 4) is 5.75 Å². The fourth-order valence-corrected chi connectivity index (χ4v) is 2.99. The van der Waals surface area contributed by atoms with E-state index in [-0.39, 0.29) is 35.0 Å². The maximum Gasteiger partial charge on any atom is 0.255 e. The van der Waals surface area contributed by atoms with Crippen LogP contribution in [-0.2, 0) is 10.2 Å². The van der Waals surface area contributed by atoms with E-state index in [0.29, 0.717) is 19.4 Å². The van der Waals surface area contributed by atoms with Gasteiger partial charge in [-0.3, -0.25) is 9.59 Å². The predicted octanol–water partition coefficient (Wildman–Crippen LogP) is 4.48. The van der Waals surface area contributed by atoms with E-state index < -0.39 is 11.7 Å². The summed E-state index contributed by atoms with van der Waals surface area (Å²) >= 11 is 5.85. The Morgan fingerprint density at radius 3 is 2.33 bits per heavy atom. The standard InChI is InChI=1S/C23H28ClFN2O3/c1-23(2,3)16-9-11-17(12-10-16)30-15-5-8-20(28)26-13-14-27-22(29)21-18(24)6-4-7-19(21)25/h4,6-7,9-12H,5,8,13-15H2,1-3H3,(H,26,28)(H,27,29). The molecule has 2 amide bonds. The zero-order valence-corrected chi connectivity index (χ0v) is 18.3. The van der Waals surface area contributed by atoms with Gasteiger partial charge in [-0.2, -0.15) is 0 Å². The van der Waals surface area contributed by atoms with E-state index >= 15 is 0 Å². The van der Waals surface area contributed by atoms with Crippen molar-refractivity contribution in [1.82, 2.24) is 10.6 Å². The molecule has 5 nitrogen and oxygen atoms in total. The Labute approximate surface area is 182 Å². The largest absolute Gasteiger partial charge is 0.494 e. The second kappa shape index (κ2) is 11.0. The van der Waals surface area contributed by atoms with E-state index in [2.05, 4.69) is 31.4 Å². The Kier molecular flexibility index (Phi) is 8.66. The number of benzene rings is 2. The third-order valence-electron chi connectivity index (χ3n) is 4.46. The minimum Gasteiger partial charge on any atom is -0.494 e. The number of ether oxygens (including phenoxy) is 1. The van der Waals surface area contributed by atoms with Crippen molar-refractivity contribution < 1.29 is 18.7 Å². The molecule has 2 rings (SSSR count). The summed E-state index contributed by atoms with van der Waals surface area (Å²) in [4.78, 5) is 23.9. The van der Waals surface area contributed by atoms with Gasteiger partial charge in [-0.1, -0.05) is 50.6 Å². The molecule has 0 bridgehead atoms. The molecule has 7 heteroatoms. The van der Waals surface area contributed by atoms with E-state index in [4.69, 9.17) is 16.3 Å². The Bertz CT molecular complexity index is 843. The van der Waals surface area contributed by atoms with Crippen molar-refractivity contribution in [3.05, 3.63) is 64.4 Å². The molecule has 0 heterocycles. The summed E-state index contributed by atoms with van der Waals surface area (Å²) in [5.41, 5.74) is 1.13. The average molecular weight is 435 g/mol. The van der Waals surface area contributed by atoms with Crippen LogP contribution in [0, 0.1) is 5.82 Å². The first-order valence-electron chi connectivity index (χ1n) is 9.91. The molecule has 0 aliphatic heterocycles. The molecule has 162 valence electrons. The van der Waals surface area contributed by atoms with Gasteiger partial charge >= 0.3 is 0 Å². The Morgan fingerprint density at radius 2 is 1.70 bits per heavy atom. The van der Waals surface area contributed by atoms with Gasteiger partial charge in [0.05, 0.1) is 17.2 Å². The summed E-state index contributed by atoms with van der Waals surface area (Å²) < 4.78 is 19.3. The molecule has 0 spiro atoms. The first-order chi connectivity index (χ1) is 14.2. The van der Waals surface area contributed by atoms with Gasteiger partial charge in [0, 0.05) is 19.5 Å². The van der Waals surface area contributed by atoms with Crippen LogP contribution in [0.4, 0.5) is 4.39 Å². The summed E-state index contributed by atoms with van der Waals surface area (Å²) in [6.07, 6.45) is 0.886. The molecule has 0 aromatic heterocycles. The summed E-state index contributed by atoms with van der Waals surface area (Å²) in [6.45, 7) is 7.31. The van der Waals surface area contributed by atoms with Crippen LogP contribution in [0.15, 0.2) is 42.5 Å². The lowest BCUT2D eigenvalue weighted by molar-refractivity contribution is -0.121. The summed E-state index contributed by atoms with van der Waals surface area (Å²) in [7, 11) is 0. The van der Waals surface area contributed by atoms with E-state index in [9.17, 15) is 14.0 Å². The molecule has 0 saturated carbocycles. The summed E-state index contributed by atoms with van der Waals surface area (Å²) in [6, 6.07) is 12.0. The van der Waals surface area contributed by atoms with Crippen molar-refractivity contribution >= 4 is 23.4 Å². The molecular formula is C23H28ClFN2O3. The minimum absolute atomic E-state index is 0.0459. The molecule has 30 heavy (non-hydrogen) atoms.